The van der Waals surface area contributed by atoms with Crippen LogP contribution in [0.5, 0.6) is 0 Å². The van der Waals surface area contributed by atoms with Gasteiger partial charge in [0.25, 0.3) is 0 Å². The van der Waals surface area contributed by atoms with Gasteiger partial charge >= 0.3 is 0 Å². The van der Waals surface area contributed by atoms with E-state index >= 15 is 0 Å². The van der Waals surface area contributed by atoms with E-state index in [-0.39, 0.29) is 6.61 Å². The maximum absolute atomic E-state index is 8.65. The molecule has 0 amide bonds. The van der Waals surface area contributed by atoms with Crippen LogP contribution in [-0.4, -0.2) is 25.3 Å². The molecule has 14 heavy (non-hydrogen) atoms. The molecule has 0 heterocycles. The molecule has 0 saturated carbocycles. The lowest BCUT2D eigenvalue weighted by Crippen LogP contribution is -2.18. The maximum atomic E-state index is 8.65. The molecule has 1 aromatic carbocycles. The van der Waals surface area contributed by atoms with Crippen LogP contribution in [0.3, 0.4) is 0 Å². The number of benzene rings is 1. The van der Waals surface area contributed by atoms with Gasteiger partial charge < -0.3 is 10.0 Å². The highest BCUT2D eigenvalue weighted by Crippen LogP contribution is 2.16. The van der Waals surface area contributed by atoms with Gasteiger partial charge in [-0.05, 0) is 37.1 Å². The van der Waals surface area contributed by atoms with Crippen LogP contribution in [0, 0.1) is 0 Å². The van der Waals surface area contributed by atoms with Gasteiger partial charge in [-0.25, -0.2) is 0 Å². The minimum absolute atomic E-state index is 0.272. The Bertz CT molecular complexity index is 260. The zero-order chi connectivity index (χ0) is 10.4. The second-order valence-corrected chi connectivity index (χ2v) is 3.77. The molecule has 0 atom stereocenters. The first-order valence-electron chi connectivity index (χ1n) is 4.81. The van der Waals surface area contributed by atoms with E-state index < -0.39 is 0 Å². The lowest BCUT2D eigenvalue weighted by molar-refractivity contribution is 0.285. The van der Waals surface area contributed by atoms with Crippen molar-refractivity contribution in [2.45, 2.75) is 12.8 Å². The number of anilines is 1. The third-order valence-electron chi connectivity index (χ3n) is 2.17. The number of aliphatic hydroxyl groups is 1. The number of unbranched alkanes of at least 4 members (excludes halogenated alkanes) is 1. The van der Waals surface area contributed by atoms with Crippen molar-refractivity contribution in [3.05, 3.63) is 29.3 Å². The van der Waals surface area contributed by atoms with E-state index in [0.29, 0.717) is 0 Å². The van der Waals surface area contributed by atoms with Gasteiger partial charge in [0.05, 0.1) is 0 Å². The fraction of sp³-hybridized carbons (Fsp3) is 0.455. The maximum Gasteiger partial charge on any atom is 0.0431 e. The minimum Gasteiger partial charge on any atom is -0.396 e. The largest absolute Gasteiger partial charge is 0.396 e. The van der Waals surface area contributed by atoms with Gasteiger partial charge in [-0.15, -0.1) is 0 Å². The number of aliphatic hydroxyl groups excluding tert-OH is 1. The first-order valence-corrected chi connectivity index (χ1v) is 5.19. The molecule has 0 saturated heterocycles. The normalized spacial score (nSPS) is 10.2. The van der Waals surface area contributed by atoms with Crippen molar-refractivity contribution in [1.82, 2.24) is 0 Å². The summed E-state index contributed by atoms with van der Waals surface area (Å²) in [4.78, 5) is 2.16. The Balaban J connectivity index is 2.43. The summed E-state index contributed by atoms with van der Waals surface area (Å²) in [6.07, 6.45) is 1.87. The molecule has 0 spiro atoms. The van der Waals surface area contributed by atoms with Crippen LogP contribution in [0.1, 0.15) is 12.8 Å². The Morgan fingerprint density at radius 1 is 1.21 bits per heavy atom. The number of nitrogens with zero attached hydrogens (tertiary/aromatic N) is 1. The highest BCUT2D eigenvalue weighted by Gasteiger charge is 1.99. The average molecular weight is 214 g/mol. The molecule has 3 heteroatoms. The zero-order valence-corrected chi connectivity index (χ0v) is 9.17. The molecule has 0 aliphatic rings. The van der Waals surface area contributed by atoms with Gasteiger partial charge in [-0.1, -0.05) is 11.6 Å². The predicted octanol–water partition coefficient (Wildman–Crippen LogP) is 2.55. The molecular weight excluding hydrogens is 198 g/mol. The standard InChI is InChI=1S/C11H16ClNO/c1-13(8-2-3-9-14)11-6-4-10(12)5-7-11/h4-7,14H,2-3,8-9H2,1H3. The Kier molecular flexibility index (Phi) is 4.77. The molecular formula is C11H16ClNO. The van der Waals surface area contributed by atoms with Gasteiger partial charge in [0.1, 0.15) is 0 Å². The Labute approximate surface area is 90.1 Å². The van der Waals surface area contributed by atoms with E-state index in [1.54, 1.807) is 0 Å². The Morgan fingerprint density at radius 3 is 2.43 bits per heavy atom. The quantitative estimate of drug-likeness (QED) is 0.760. The molecule has 1 N–H and O–H groups in total. The van der Waals surface area contributed by atoms with E-state index in [9.17, 15) is 0 Å². The molecule has 0 radical (unpaired) electrons. The van der Waals surface area contributed by atoms with E-state index in [1.807, 2.05) is 31.3 Å². The average Bonchev–Trinajstić information content (AvgIpc) is 2.19. The highest BCUT2D eigenvalue weighted by molar-refractivity contribution is 6.30. The molecule has 0 aliphatic heterocycles. The first kappa shape index (κ1) is 11.3. The monoisotopic (exact) mass is 213 g/mol. The third-order valence-corrected chi connectivity index (χ3v) is 2.42. The van der Waals surface area contributed by atoms with Gasteiger partial charge in [0, 0.05) is 30.9 Å². The molecule has 1 aromatic rings. The summed E-state index contributed by atoms with van der Waals surface area (Å²) in [5.41, 5.74) is 1.16. The molecule has 1 rings (SSSR count). The van der Waals surface area contributed by atoms with Crippen molar-refractivity contribution in [2.75, 3.05) is 25.1 Å². The topological polar surface area (TPSA) is 23.5 Å². The number of hydrogen-bond acceptors (Lipinski definition) is 2. The fourth-order valence-electron chi connectivity index (χ4n) is 1.29. The Hall–Kier alpha value is -0.730. The van der Waals surface area contributed by atoms with Crippen LogP contribution >= 0.6 is 11.6 Å². The van der Waals surface area contributed by atoms with Crippen molar-refractivity contribution in [2.24, 2.45) is 0 Å². The van der Waals surface area contributed by atoms with E-state index in [0.717, 1.165) is 30.1 Å². The lowest BCUT2D eigenvalue weighted by atomic mass is 10.2. The van der Waals surface area contributed by atoms with E-state index in [2.05, 4.69) is 4.90 Å². The van der Waals surface area contributed by atoms with Crippen molar-refractivity contribution >= 4 is 17.3 Å². The van der Waals surface area contributed by atoms with Crippen LogP contribution in [0.15, 0.2) is 24.3 Å². The molecule has 0 aromatic heterocycles. The van der Waals surface area contributed by atoms with Gasteiger partial charge in [0.2, 0.25) is 0 Å². The molecule has 0 bridgehead atoms. The summed E-state index contributed by atoms with van der Waals surface area (Å²) in [7, 11) is 2.04. The highest BCUT2D eigenvalue weighted by atomic mass is 35.5. The molecule has 2 nitrogen and oxygen atoms in total. The van der Waals surface area contributed by atoms with E-state index in [4.69, 9.17) is 16.7 Å². The van der Waals surface area contributed by atoms with Crippen molar-refractivity contribution in [1.29, 1.82) is 0 Å². The summed E-state index contributed by atoms with van der Waals surface area (Å²) in [5, 5.41) is 9.41. The van der Waals surface area contributed by atoms with Crippen molar-refractivity contribution < 1.29 is 5.11 Å². The van der Waals surface area contributed by atoms with Crippen LogP contribution in [0.4, 0.5) is 5.69 Å². The zero-order valence-electron chi connectivity index (χ0n) is 8.41. The van der Waals surface area contributed by atoms with Crippen LogP contribution < -0.4 is 4.90 Å². The predicted molar refractivity (Wildman–Crippen MR) is 61.0 cm³/mol. The molecule has 0 aliphatic carbocycles. The lowest BCUT2D eigenvalue weighted by Gasteiger charge is -2.18. The van der Waals surface area contributed by atoms with Crippen LogP contribution in [0.25, 0.3) is 0 Å². The number of halogens is 1. The summed E-state index contributed by atoms with van der Waals surface area (Å²) in [6.45, 7) is 1.23. The van der Waals surface area contributed by atoms with Crippen molar-refractivity contribution in [3.8, 4) is 0 Å². The summed E-state index contributed by atoms with van der Waals surface area (Å²) >= 11 is 5.79. The number of hydrogen-bond donors (Lipinski definition) is 1. The smallest absolute Gasteiger partial charge is 0.0431 e. The van der Waals surface area contributed by atoms with Crippen LogP contribution in [0.2, 0.25) is 5.02 Å². The second kappa shape index (κ2) is 5.89. The molecule has 0 unspecified atom stereocenters. The SMILES string of the molecule is CN(CCCCO)c1ccc(Cl)cc1. The molecule has 78 valence electrons. The summed E-state index contributed by atoms with van der Waals surface area (Å²) in [6, 6.07) is 7.78. The van der Waals surface area contributed by atoms with Crippen LogP contribution in [-0.2, 0) is 0 Å². The summed E-state index contributed by atoms with van der Waals surface area (Å²) in [5.74, 6) is 0. The Morgan fingerprint density at radius 2 is 1.86 bits per heavy atom. The van der Waals surface area contributed by atoms with Gasteiger partial charge in [-0.2, -0.15) is 0 Å². The first-order chi connectivity index (χ1) is 6.74. The van der Waals surface area contributed by atoms with E-state index in [1.165, 1.54) is 0 Å². The molecule has 0 fully saturated rings. The second-order valence-electron chi connectivity index (χ2n) is 3.33. The van der Waals surface area contributed by atoms with Gasteiger partial charge in [0.15, 0.2) is 0 Å². The third kappa shape index (κ3) is 3.56. The fourth-order valence-corrected chi connectivity index (χ4v) is 1.41. The number of rotatable bonds is 5. The minimum atomic E-state index is 0.272. The summed E-state index contributed by atoms with van der Waals surface area (Å²) < 4.78 is 0. The van der Waals surface area contributed by atoms with Crippen molar-refractivity contribution in [3.63, 3.8) is 0 Å². The van der Waals surface area contributed by atoms with Gasteiger partial charge in [-0.3, -0.25) is 0 Å².